The highest BCUT2D eigenvalue weighted by atomic mass is 32.2. The molecule has 5 rings (SSSR count). The Hall–Kier alpha value is -4.17. The van der Waals surface area contributed by atoms with Gasteiger partial charge in [-0.15, -0.1) is 0 Å². The Kier molecular flexibility index (Phi) is 6.67. The minimum absolute atomic E-state index is 0.234. The van der Waals surface area contributed by atoms with Crippen molar-refractivity contribution in [3.63, 3.8) is 0 Å². The number of amides is 3. The Labute approximate surface area is 217 Å². The maximum Gasteiger partial charge on any atom is 0.294 e. The van der Waals surface area contributed by atoms with Gasteiger partial charge in [0, 0.05) is 33.9 Å². The van der Waals surface area contributed by atoms with Crippen LogP contribution in [0.3, 0.4) is 0 Å². The van der Waals surface area contributed by atoms with Crippen molar-refractivity contribution in [3.05, 3.63) is 106 Å². The van der Waals surface area contributed by atoms with Crippen LogP contribution in [0.25, 0.3) is 17.0 Å². The Morgan fingerprint density at radius 2 is 1.70 bits per heavy atom. The second-order valence-corrected chi connectivity index (χ2v) is 10.0. The Morgan fingerprint density at radius 1 is 1.00 bits per heavy atom. The fraction of sp³-hybridized carbons (Fsp3) is 0.138. The quantitative estimate of drug-likeness (QED) is 0.315. The second-order valence-electron chi connectivity index (χ2n) is 9.01. The lowest BCUT2D eigenvalue weighted by molar-refractivity contribution is -0.127. The van der Waals surface area contributed by atoms with E-state index in [1.807, 2.05) is 67.1 Å². The van der Waals surface area contributed by atoms with E-state index < -0.39 is 17.1 Å². The number of nitrogens with one attached hydrogen (secondary N) is 1. The number of hydrogen-bond donors (Lipinski definition) is 1. The molecule has 0 bridgehead atoms. The SMILES string of the molecule is Cc1cc(C)cc(NC(=O)CN2C(=O)S/C(=C\c3cn(Cc4ccccc4F)c4ccccc34)C2=O)c1. The molecular formula is C29H24FN3O3S. The highest BCUT2D eigenvalue weighted by Crippen LogP contribution is 2.34. The van der Waals surface area contributed by atoms with E-state index in [1.54, 1.807) is 24.3 Å². The molecule has 1 aliphatic heterocycles. The molecule has 6 nitrogen and oxygen atoms in total. The predicted molar refractivity (Wildman–Crippen MR) is 145 cm³/mol. The molecule has 186 valence electrons. The lowest BCUT2D eigenvalue weighted by Crippen LogP contribution is -2.36. The zero-order chi connectivity index (χ0) is 26.1. The average molecular weight is 514 g/mol. The van der Waals surface area contributed by atoms with Gasteiger partial charge in [0.1, 0.15) is 12.4 Å². The summed E-state index contributed by atoms with van der Waals surface area (Å²) in [6, 6.07) is 19.9. The van der Waals surface area contributed by atoms with Crippen molar-refractivity contribution in [3.8, 4) is 0 Å². The van der Waals surface area contributed by atoms with Crippen LogP contribution >= 0.6 is 11.8 Å². The molecule has 0 saturated carbocycles. The smallest absolute Gasteiger partial charge is 0.294 e. The highest BCUT2D eigenvalue weighted by molar-refractivity contribution is 8.18. The summed E-state index contributed by atoms with van der Waals surface area (Å²) in [7, 11) is 0. The van der Waals surface area contributed by atoms with E-state index in [-0.39, 0.29) is 17.3 Å². The molecule has 1 aromatic heterocycles. The third kappa shape index (κ3) is 5.20. The van der Waals surface area contributed by atoms with Gasteiger partial charge in [0.15, 0.2) is 0 Å². The number of imide groups is 1. The third-order valence-electron chi connectivity index (χ3n) is 6.09. The lowest BCUT2D eigenvalue weighted by atomic mass is 10.1. The van der Waals surface area contributed by atoms with E-state index in [1.165, 1.54) is 6.07 Å². The number of fused-ring (bicyclic) bond motifs is 1. The number of hydrogen-bond acceptors (Lipinski definition) is 4. The summed E-state index contributed by atoms with van der Waals surface area (Å²) >= 11 is 0.803. The summed E-state index contributed by atoms with van der Waals surface area (Å²) in [5.41, 5.74) is 4.77. The first-order valence-electron chi connectivity index (χ1n) is 11.7. The molecule has 1 saturated heterocycles. The van der Waals surface area contributed by atoms with Crippen LogP contribution in [0.1, 0.15) is 22.3 Å². The Bertz CT molecular complexity index is 1570. The zero-order valence-electron chi connectivity index (χ0n) is 20.3. The molecule has 0 radical (unpaired) electrons. The lowest BCUT2D eigenvalue weighted by Gasteiger charge is -2.13. The fourth-order valence-electron chi connectivity index (χ4n) is 4.50. The number of para-hydroxylation sites is 1. The standard InChI is InChI=1S/C29H24FN3O3S/c1-18-11-19(2)13-22(12-18)31-27(34)17-33-28(35)26(37-29(33)36)14-21-16-32(25-10-6-4-8-23(21)25)15-20-7-3-5-9-24(20)30/h3-14,16H,15,17H2,1-2H3,(H,31,34)/b26-14-. The van der Waals surface area contributed by atoms with Gasteiger partial charge in [-0.25, -0.2) is 4.39 Å². The van der Waals surface area contributed by atoms with Crippen LogP contribution in [0.15, 0.2) is 77.8 Å². The summed E-state index contributed by atoms with van der Waals surface area (Å²) < 4.78 is 16.2. The van der Waals surface area contributed by atoms with Crippen LogP contribution in [0.5, 0.6) is 0 Å². The molecule has 1 aliphatic rings. The molecule has 4 aromatic rings. The Balaban J connectivity index is 1.38. The molecule has 0 atom stereocenters. The van der Waals surface area contributed by atoms with Crippen molar-refractivity contribution in [2.24, 2.45) is 0 Å². The third-order valence-corrected chi connectivity index (χ3v) is 6.99. The van der Waals surface area contributed by atoms with E-state index in [4.69, 9.17) is 0 Å². The molecule has 0 aliphatic carbocycles. The zero-order valence-corrected chi connectivity index (χ0v) is 21.1. The van der Waals surface area contributed by atoms with E-state index in [9.17, 15) is 18.8 Å². The van der Waals surface area contributed by atoms with Gasteiger partial charge in [0.25, 0.3) is 11.1 Å². The number of carbonyl (C=O) groups excluding carboxylic acids is 3. The first-order valence-corrected chi connectivity index (χ1v) is 12.5. The van der Waals surface area contributed by atoms with Gasteiger partial charge in [-0.1, -0.05) is 42.5 Å². The number of benzene rings is 3. The monoisotopic (exact) mass is 513 g/mol. The van der Waals surface area contributed by atoms with Crippen LogP contribution in [-0.4, -0.2) is 33.1 Å². The summed E-state index contributed by atoms with van der Waals surface area (Å²) in [5, 5.41) is 3.14. The van der Waals surface area contributed by atoms with Crippen molar-refractivity contribution < 1.29 is 18.8 Å². The number of rotatable bonds is 6. The van der Waals surface area contributed by atoms with E-state index in [0.717, 1.165) is 44.3 Å². The maximum atomic E-state index is 14.3. The average Bonchev–Trinajstić information content (AvgIpc) is 3.32. The summed E-state index contributed by atoms with van der Waals surface area (Å²) in [6.07, 6.45) is 3.50. The van der Waals surface area contributed by atoms with Gasteiger partial charge in [-0.2, -0.15) is 0 Å². The number of halogens is 1. The van der Waals surface area contributed by atoms with Crippen molar-refractivity contribution in [1.82, 2.24) is 9.47 Å². The van der Waals surface area contributed by atoms with Crippen LogP contribution in [0, 0.1) is 19.7 Å². The van der Waals surface area contributed by atoms with Crippen LogP contribution in [0.4, 0.5) is 14.9 Å². The number of nitrogens with zero attached hydrogens (tertiary/aromatic N) is 2. The molecule has 1 N–H and O–H groups in total. The summed E-state index contributed by atoms with van der Waals surface area (Å²) in [4.78, 5) is 39.5. The topological polar surface area (TPSA) is 71.4 Å². The molecule has 0 spiro atoms. The van der Waals surface area contributed by atoms with Gasteiger partial charge in [0.05, 0.1) is 11.4 Å². The first kappa shape index (κ1) is 24.5. The van der Waals surface area contributed by atoms with Crippen LogP contribution < -0.4 is 5.32 Å². The first-order chi connectivity index (χ1) is 17.8. The molecule has 1 fully saturated rings. The van der Waals surface area contributed by atoms with Gasteiger partial charge >= 0.3 is 0 Å². The molecule has 3 aromatic carbocycles. The molecule has 37 heavy (non-hydrogen) atoms. The summed E-state index contributed by atoms with van der Waals surface area (Å²) in [5.74, 6) is -1.26. The highest BCUT2D eigenvalue weighted by Gasteiger charge is 2.36. The van der Waals surface area contributed by atoms with Crippen molar-refractivity contribution >= 4 is 51.5 Å². The molecule has 2 heterocycles. The normalized spacial score (nSPS) is 14.7. The van der Waals surface area contributed by atoms with Gasteiger partial charge < -0.3 is 9.88 Å². The molecule has 8 heteroatoms. The largest absolute Gasteiger partial charge is 0.342 e. The molecule has 3 amide bonds. The minimum atomic E-state index is -0.517. The number of carbonyl (C=O) groups is 3. The fourth-order valence-corrected chi connectivity index (χ4v) is 5.33. The minimum Gasteiger partial charge on any atom is -0.342 e. The second kappa shape index (κ2) is 10.1. The predicted octanol–water partition coefficient (Wildman–Crippen LogP) is 6.12. The number of anilines is 1. The van der Waals surface area contributed by atoms with Crippen molar-refractivity contribution in [1.29, 1.82) is 0 Å². The van der Waals surface area contributed by atoms with Crippen molar-refractivity contribution in [2.45, 2.75) is 20.4 Å². The van der Waals surface area contributed by atoms with Crippen LogP contribution in [0.2, 0.25) is 0 Å². The molecular weight excluding hydrogens is 489 g/mol. The van der Waals surface area contributed by atoms with Gasteiger partial charge in [-0.3, -0.25) is 19.3 Å². The Morgan fingerprint density at radius 3 is 2.46 bits per heavy atom. The van der Waals surface area contributed by atoms with Gasteiger partial charge in [-0.05, 0) is 67.1 Å². The van der Waals surface area contributed by atoms with E-state index >= 15 is 0 Å². The van der Waals surface area contributed by atoms with Gasteiger partial charge in [0.2, 0.25) is 5.91 Å². The number of thioether (sulfide) groups is 1. The van der Waals surface area contributed by atoms with E-state index in [0.29, 0.717) is 17.8 Å². The number of aromatic nitrogens is 1. The van der Waals surface area contributed by atoms with E-state index in [2.05, 4.69) is 5.32 Å². The molecule has 0 unspecified atom stereocenters. The number of aryl methyl sites for hydroxylation is 2. The van der Waals surface area contributed by atoms with Crippen LogP contribution in [-0.2, 0) is 16.1 Å². The van der Waals surface area contributed by atoms with Crippen molar-refractivity contribution in [2.75, 3.05) is 11.9 Å². The maximum absolute atomic E-state index is 14.3. The summed E-state index contributed by atoms with van der Waals surface area (Å²) in [6.45, 7) is 3.81.